The Morgan fingerprint density at radius 1 is 0.923 bits per heavy atom. The molecule has 5 heteroatoms. The van der Waals surface area contributed by atoms with E-state index < -0.39 is 0 Å². The van der Waals surface area contributed by atoms with Gasteiger partial charge in [0.2, 0.25) is 11.8 Å². The lowest BCUT2D eigenvalue weighted by Gasteiger charge is -2.08. The molecule has 1 saturated carbocycles. The van der Waals surface area contributed by atoms with Crippen molar-refractivity contribution in [3.05, 3.63) is 72.4 Å². The molecule has 1 aromatic heterocycles. The molecule has 1 aliphatic carbocycles. The molecule has 2 N–H and O–H groups in total. The van der Waals surface area contributed by atoms with E-state index in [1.807, 2.05) is 60.7 Å². The number of para-hydroxylation sites is 1. The maximum Gasteiger partial charge on any atom is 0.228 e. The number of pyridine rings is 1. The summed E-state index contributed by atoms with van der Waals surface area (Å²) >= 11 is 0. The molecule has 5 nitrogen and oxygen atoms in total. The first-order valence-corrected chi connectivity index (χ1v) is 8.68. The third-order valence-electron chi connectivity index (χ3n) is 4.66. The Morgan fingerprint density at radius 2 is 1.69 bits per heavy atom. The lowest BCUT2D eigenvalue weighted by molar-refractivity contribution is -0.125. The zero-order valence-corrected chi connectivity index (χ0v) is 14.2. The van der Waals surface area contributed by atoms with E-state index in [-0.39, 0.29) is 23.7 Å². The minimum Gasteiger partial charge on any atom is -0.352 e. The van der Waals surface area contributed by atoms with Gasteiger partial charge in [-0.25, -0.2) is 0 Å². The van der Waals surface area contributed by atoms with Crippen LogP contribution in [0.1, 0.15) is 12.0 Å². The first-order valence-electron chi connectivity index (χ1n) is 8.68. The second kappa shape index (κ2) is 6.96. The lowest BCUT2D eigenvalue weighted by atomic mass is 10.2. The van der Waals surface area contributed by atoms with Gasteiger partial charge >= 0.3 is 0 Å². The third-order valence-corrected chi connectivity index (χ3v) is 4.66. The highest BCUT2D eigenvalue weighted by atomic mass is 16.2. The Balaban J connectivity index is 1.36. The van der Waals surface area contributed by atoms with E-state index in [1.54, 1.807) is 6.20 Å². The van der Waals surface area contributed by atoms with Crippen molar-refractivity contribution in [2.75, 3.05) is 5.32 Å². The smallest absolute Gasteiger partial charge is 0.228 e. The van der Waals surface area contributed by atoms with E-state index in [9.17, 15) is 9.59 Å². The summed E-state index contributed by atoms with van der Waals surface area (Å²) in [5.74, 6) is -0.709. The first-order chi connectivity index (χ1) is 12.7. The van der Waals surface area contributed by atoms with Gasteiger partial charge in [0, 0.05) is 18.1 Å². The van der Waals surface area contributed by atoms with Crippen LogP contribution in [-0.4, -0.2) is 16.8 Å². The number of aromatic nitrogens is 1. The van der Waals surface area contributed by atoms with E-state index in [0.717, 1.165) is 16.5 Å². The number of hydrogen-bond acceptors (Lipinski definition) is 3. The normalized spacial score (nSPS) is 18.3. The number of hydrogen-bond donors (Lipinski definition) is 2. The van der Waals surface area contributed by atoms with Crippen molar-refractivity contribution in [2.24, 2.45) is 11.8 Å². The van der Waals surface area contributed by atoms with Crippen LogP contribution in [0, 0.1) is 11.8 Å². The quantitative estimate of drug-likeness (QED) is 0.746. The van der Waals surface area contributed by atoms with Crippen LogP contribution in [0.2, 0.25) is 0 Å². The summed E-state index contributed by atoms with van der Waals surface area (Å²) in [7, 11) is 0. The van der Waals surface area contributed by atoms with Crippen molar-refractivity contribution in [1.82, 2.24) is 10.3 Å². The molecule has 1 heterocycles. The molecule has 2 unspecified atom stereocenters. The Morgan fingerprint density at radius 3 is 2.54 bits per heavy atom. The fourth-order valence-electron chi connectivity index (χ4n) is 3.12. The van der Waals surface area contributed by atoms with Crippen molar-refractivity contribution in [2.45, 2.75) is 13.0 Å². The number of rotatable bonds is 5. The first kappa shape index (κ1) is 16.3. The van der Waals surface area contributed by atoms with Crippen molar-refractivity contribution in [3.63, 3.8) is 0 Å². The molecule has 0 aliphatic heterocycles. The van der Waals surface area contributed by atoms with Gasteiger partial charge in [-0.1, -0.05) is 48.5 Å². The van der Waals surface area contributed by atoms with Gasteiger partial charge in [0.05, 0.1) is 23.0 Å². The molecule has 2 aromatic carbocycles. The van der Waals surface area contributed by atoms with Gasteiger partial charge in [-0.05, 0) is 24.1 Å². The van der Waals surface area contributed by atoms with Crippen LogP contribution in [0.25, 0.3) is 10.9 Å². The number of carbonyl (C=O) groups is 2. The fourth-order valence-corrected chi connectivity index (χ4v) is 3.12. The topological polar surface area (TPSA) is 71.1 Å². The highest BCUT2D eigenvalue weighted by Gasteiger charge is 2.48. The molecule has 0 spiro atoms. The molecule has 4 rings (SSSR count). The summed E-state index contributed by atoms with van der Waals surface area (Å²) < 4.78 is 0. The maximum atomic E-state index is 12.5. The largest absolute Gasteiger partial charge is 0.352 e. The van der Waals surface area contributed by atoms with Crippen LogP contribution in [0.15, 0.2) is 66.9 Å². The van der Waals surface area contributed by atoms with E-state index >= 15 is 0 Å². The summed E-state index contributed by atoms with van der Waals surface area (Å²) in [6.07, 6.45) is 2.29. The molecule has 1 aliphatic rings. The molecular weight excluding hydrogens is 326 g/mol. The zero-order valence-electron chi connectivity index (χ0n) is 14.2. The highest BCUT2D eigenvalue weighted by Crippen LogP contribution is 2.40. The van der Waals surface area contributed by atoms with Gasteiger partial charge in [0.25, 0.3) is 0 Å². The third kappa shape index (κ3) is 3.42. The molecular formula is C21H19N3O2. The van der Waals surface area contributed by atoms with Gasteiger partial charge in [-0.3, -0.25) is 14.6 Å². The number of fused-ring (bicyclic) bond motifs is 1. The number of carbonyl (C=O) groups excluding carboxylic acids is 2. The van der Waals surface area contributed by atoms with E-state index in [0.29, 0.717) is 18.7 Å². The van der Waals surface area contributed by atoms with Gasteiger partial charge in [-0.15, -0.1) is 0 Å². The standard InChI is InChI=1S/C21H19N3O2/c25-20(23-13-14-6-2-1-3-7-14)16-12-17(16)21(26)24-18-10-4-8-15-9-5-11-22-19(15)18/h1-11,16-17H,12-13H2,(H,23,25)(H,24,26). The van der Waals surface area contributed by atoms with Gasteiger partial charge in [0.1, 0.15) is 0 Å². The van der Waals surface area contributed by atoms with Crippen LogP contribution in [0.4, 0.5) is 5.69 Å². The summed E-state index contributed by atoms with van der Waals surface area (Å²) in [6.45, 7) is 0.484. The summed E-state index contributed by atoms with van der Waals surface area (Å²) in [5.41, 5.74) is 2.49. The zero-order chi connectivity index (χ0) is 17.9. The van der Waals surface area contributed by atoms with Gasteiger partial charge in [-0.2, -0.15) is 0 Å². The Labute approximate surface area is 151 Å². The molecule has 0 radical (unpaired) electrons. The molecule has 2 amide bonds. The van der Waals surface area contributed by atoms with Crippen molar-refractivity contribution in [3.8, 4) is 0 Å². The van der Waals surface area contributed by atoms with Gasteiger partial charge in [0.15, 0.2) is 0 Å². The number of nitrogens with zero attached hydrogens (tertiary/aromatic N) is 1. The average Bonchev–Trinajstić information content (AvgIpc) is 3.48. The molecule has 0 saturated heterocycles. The number of amides is 2. The Hall–Kier alpha value is -3.21. The molecule has 26 heavy (non-hydrogen) atoms. The summed E-state index contributed by atoms with van der Waals surface area (Å²) in [5, 5.41) is 6.80. The summed E-state index contributed by atoms with van der Waals surface area (Å²) in [4.78, 5) is 29.1. The Bertz CT molecular complexity index is 950. The van der Waals surface area contributed by atoms with E-state index in [2.05, 4.69) is 15.6 Å². The van der Waals surface area contributed by atoms with Crippen LogP contribution >= 0.6 is 0 Å². The number of benzene rings is 2. The lowest BCUT2D eigenvalue weighted by Crippen LogP contribution is -2.27. The second-order valence-electron chi connectivity index (χ2n) is 6.52. The monoisotopic (exact) mass is 345 g/mol. The number of anilines is 1. The molecule has 1 fully saturated rings. The van der Waals surface area contributed by atoms with E-state index in [4.69, 9.17) is 0 Å². The fraction of sp³-hybridized carbons (Fsp3) is 0.190. The SMILES string of the molecule is O=C(NCc1ccccc1)C1CC1C(=O)Nc1cccc2cccnc12. The van der Waals surface area contributed by atoms with Gasteiger partial charge < -0.3 is 10.6 Å². The second-order valence-corrected chi connectivity index (χ2v) is 6.52. The van der Waals surface area contributed by atoms with Crippen LogP contribution in [0.5, 0.6) is 0 Å². The maximum absolute atomic E-state index is 12.5. The van der Waals surface area contributed by atoms with Crippen LogP contribution < -0.4 is 10.6 Å². The molecule has 2 atom stereocenters. The van der Waals surface area contributed by atoms with Crippen LogP contribution in [0.3, 0.4) is 0 Å². The molecule has 130 valence electrons. The number of nitrogens with one attached hydrogen (secondary N) is 2. The van der Waals surface area contributed by atoms with Crippen molar-refractivity contribution < 1.29 is 9.59 Å². The molecule has 0 bridgehead atoms. The van der Waals surface area contributed by atoms with Crippen molar-refractivity contribution >= 4 is 28.4 Å². The van der Waals surface area contributed by atoms with Crippen molar-refractivity contribution in [1.29, 1.82) is 0 Å². The predicted molar refractivity (Wildman–Crippen MR) is 100 cm³/mol. The highest BCUT2D eigenvalue weighted by molar-refractivity contribution is 6.04. The predicted octanol–water partition coefficient (Wildman–Crippen LogP) is 3.13. The average molecular weight is 345 g/mol. The van der Waals surface area contributed by atoms with Crippen LogP contribution in [-0.2, 0) is 16.1 Å². The van der Waals surface area contributed by atoms with E-state index in [1.165, 1.54) is 0 Å². The Kier molecular flexibility index (Phi) is 4.35. The molecule has 3 aromatic rings. The summed E-state index contributed by atoms with van der Waals surface area (Å²) in [6, 6.07) is 19.2. The minimum absolute atomic E-state index is 0.0648. The minimum atomic E-state index is -0.273.